The van der Waals surface area contributed by atoms with Gasteiger partial charge in [-0.1, -0.05) is 60.7 Å². The first-order valence-electron chi connectivity index (χ1n) is 9.22. The molecule has 0 amide bonds. The van der Waals surface area contributed by atoms with Crippen LogP contribution in [0, 0.1) is 0 Å². The Balaban J connectivity index is 1.90. The maximum absolute atomic E-state index is 13.3. The number of hydrogen-bond donors (Lipinski definition) is 4. The minimum atomic E-state index is -4.25. The van der Waals surface area contributed by atoms with Gasteiger partial charge in [0.05, 0.1) is 6.61 Å². The van der Waals surface area contributed by atoms with E-state index in [0.29, 0.717) is 0 Å². The fourth-order valence-electron chi connectivity index (χ4n) is 3.30. The van der Waals surface area contributed by atoms with Crippen molar-refractivity contribution in [3.05, 3.63) is 71.8 Å². The Kier molecular flexibility index (Phi) is 7.01. The van der Waals surface area contributed by atoms with E-state index >= 15 is 0 Å². The van der Waals surface area contributed by atoms with Gasteiger partial charge in [0.15, 0.2) is 0 Å². The second-order valence-electron chi connectivity index (χ2n) is 6.98. The molecule has 1 saturated heterocycles. The van der Waals surface area contributed by atoms with E-state index in [9.17, 15) is 23.7 Å². The zero-order valence-corrected chi connectivity index (χ0v) is 16.5. The molecular formula is C20H25NO7S. The molecule has 1 fully saturated rings. The molecule has 0 aliphatic carbocycles. The summed E-state index contributed by atoms with van der Waals surface area (Å²) in [5.41, 5.74) is -0.282. The summed E-state index contributed by atoms with van der Waals surface area (Å²) in [5.74, 6) is 0. The van der Waals surface area contributed by atoms with Crippen LogP contribution in [-0.2, 0) is 27.8 Å². The van der Waals surface area contributed by atoms with E-state index in [1.54, 1.807) is 48.5 Å². The highest BCUT2D eigenvalue weighted by atomic mass is 32.2. The predicted molar refractivity (Wildman–Crippen MR) is 105 cm³/mol. The van der Waals surface area contributed by atoms with E-state index in [1.165, 1.54) is 4.31 Å². The Morgan fingerprint density at radius 2 is 1.38 bits per heavy atom. The summed E-state index contributed by atoms with van der Waals surface area (Å²) >= 11 is 0. The average molecular weight is 423 g/mol. The van der Waals surface area contributed by atoms with Gasteiger partial charge in [-0.05, 0) is 11.1 Å². The zero-order valence-electron chi connectivity index (χ0n) is 15.7. The van der Waals surface area contributed by atoms with Crippen molar-refractivity contribution in [3.63, 3.8) is 0 Å². The van der Waals surface area contributed by atoms with Crippen LogP contribution >= 0.6 is 0 Å². The van der Waals surface area contributed by atoms with Gasteiger partial charge in [-0.25, -0.2) is 8.42 Å². The first-order chi connectivity index (χ1) is 13.8. The molecule has 1 heterocycles. The van der Waals surface area contributed by atoms with E-state index in [0.717, 1.165) is 11.1 Å². The Morgan fingerprint density at radius 1 is 0.897 bits per heavy atom. The van der Waals surface area contributed by atoms with Crippen molar-refractivity contribution >= 4 is 10.0 Å². The molecule has 8 nitrogen and oxygen atoms in total. The first kappa shape index (κ1) is 21.8. The molecule has 4 N–H and O–H groups in total. The van der Waals surface area contributed by atoms with Crippen molar-refractivity contribution in [2.24, 2.45) is 0 Å². The molecule has 0 radical (unpaired) electrons. The molecule has 1 aliphatic heterocycles. The highest BCUT2D eigenvalue weighted by Gasteiger charge is 2.52. The van der Waals surface area contributed by atoms with Gasteiger partial charge in [0, 0.05) is 13.1 Å². The largest absolute Gasteiger partial charge is 0.394 e. The predicted octanol–water partition coefficient (Wildman–Crippen LogP) is -0.181. The van der Waals surface area contributed by atoms with Crippen molar-refractivity contribution in [2.75, 3.05) is 6.61 Å². The van der Waals surface area contributed by atoms with Crippen molar-refractivity contribution in [1.82, 2.24) is 4.31 Å². The molecule has 2 aromatic rings. The third-order valence-corrected chi connectivity index (χ3v) is 6.83. The number of nitrogens with zero attached hydrogens (tertiary/aromatic N) is 1. The monoisotopic (exact) mass is 423 g/mol. The number of sulfonamides is 1. The molecule has 5 atom stereocenters. The van der Waals surface area contributed by atoms with Crippen molar-refractivity contribution in [2.45, 2.75) is 42.9 Å². The average Bonchev–Trinajstić information content (AvgIpc) is 3.04. The van der Waals surface area contributed by atoms with Crippen LogP contribution in [0.4, 0.5) is 0 Å². The summed E-state index contributed by atoms with van der Waals surface area (Å²) in [6, 6.07) is 17.9. The van der Waals surface area contributed by atoms with Crippen molar-refractivity contribution in [1.29, 1.82) is 0 Å². The standard InChI is InChI=1S/C20H25NO7S/c22-13-16(23)19-17(24)18(25)20(28-19)29(26,27)21(11-14-7-3-1-4-8-14)12-15-9-5-2-6-10-15/h1-10,16-20,22-25H,11-13H2/t16-,17+,18+,19-,20-/m0/s1. The SMILES string of the molecule is O=S(=O)([C@@H]1O[C@@H]([C@@H](O)CO)[C@H](O)[C@H]1O)N(Cc1ccccc1)Cc1ccccc1. The van der Waals surface area contributed by atoms with Gasteiger partial charge < -0.3 is 25.2 Å². The summed E-state index contributed by atoms with van der Waals surface area (Å²) in [7, 11) is -4.25. The molecule has 0 bridgehead atoms. The summed E-state index contributed by atoms with van der Waals surface area (Å²) < 4.78 is 33.2. The molecule has 29 heavy (non-hydrogen) atoms. The summed E-state index contributed by atoms with van der Waals surface area (Å²) in [4.78, 5) is 0. The van der Waals surface area contributed by atoms with Gasteiger partial charge in [0.1, 0.15) is 24.4 Å². The third kappa shape index (κ3) is 4.84. The van der Waals surface area contributed by atoms with Crippen LogP contribution in [0.15, 0.2) is 60.7 Å². The van der Waals surface area contributed by atoms with E-state index in [-0.39, 0.29) is 13.1 Å². The molecular weight excluding hydrogens is 398 g/mol. The number of hydrogen-bond acceptors (Lipinski definition) is 7. The minimum Gasteiger partial charge on any atom is -0.394 e. The molecule has 0 aromatic heterocycles. The number of aliphatic hydroxyl groups is 4. The smallest absolute Gasteiger partial charge is 0.244 e. The molecule has 9 heteroatoms. The van der Waals surface area contributed by atoms with E-state index in [4.69, 9.17) is 9.84 Å². The molecule has 0 spiro atoms. The fourth-order valence-corrected chi connectivity index (χ4v) is 5.03. The van der Waals surface area contributed by atoms with Crippen LogP contribution in [0.5, 0.6) is 0 Å². The summed E-state index contributed by atoms with van der Waals surface area (Å²) in [6.07, 6.45) is -6.34. The summed E-state index contributed by atoms with van der Waals surface area (Å²) in [6.45, 7) is -0.666. The van der Waals surface area contributed by atoms with Gasteiger partial charge >= 0.3 is 0 Å². The lowest BCUT2D eigenvalue weighted by Crippen LogP contribution is -2.44. The van der Waals surface area contributed by atoms with Crippen LogP contribution in [0.25, 0.3) is 0 Å². The molecule has 2 aromatic carbocycles. The quantitative estimate of drug-likeness (QED) is 0.464. The van der Waals surface area contributed by atoms with Crippen LogP contribution in [-0.4, -0.2) is 69.6 Å². The Labute approximate surface area is 169 Å². The highest BCUT2D eigenvalue weighted by molar-refractivity contribution is 7.89. The Hall–Kier alpha value is -1.85. The molecule has 0 unspecified atom stereocenters. The number of rotatable bonds is 8. The molecule has 0 saturated carbocycles. The van der Waals surface area contributed by atoms with Gasteiger partial charge in [-0.15, -0.1) is 0 Å². The third-order valence-electron chi connectivity index (χ3n) is 4.88. The van der Waals surface area contributed by atoms with Crippen LogP contribution in [0.2, 0.25) is 0 Å². The number of aliphatic hydroxyl groups excluding tert-OH is 4. The molecule has 3 rings (SSSR count). The molecule has 158 valence electrons. The fraction of sp³-hybridized carbons (Fsp3) is 0.400. The second-order valence-corrected chi connectivity index (χ2v) is 9.00. The van der Waals surface area contributed by atoms with Gasteiger partial charge in [-0.3, -0.25) is 0 Å². The van der Waals surface area contributed by atoms with Crippen LogP contribution in [0.1, 0.15) is 11.1 Å². The first-order valence-corrected chi connectivity index (χ1v) is 10.7. The Morgan fingerprint density at radius 3 is 1.83 bits per heavy atom. The van der Waals surface area contributed by atoms with Crippen LogP contribution < -0.4 is 0 Å². The lowest BCUT2D eigenvalue weighted by molar-refractivity contribution is -0.0724. The van der Waals surface area contributed by atoms with Crippen LogP contribution in [0.3, 0.4) is 0 Å². The number of benzene rings is 2. The second kappa shape index (κ2) is 9.31. The van der Waals surface area contributed by atoms with Crippen molar-refractivity contribution in [3.8, 4) is 0 Å². The van der Waals surface area contributed by atoms with E-state index in [2.05, 4.69) is 0 Å². The lowest BCUT2D eigenvalue weighted by Gasteiger charge is -2.27. The lowest BCUT2D eigenvalue weighted by atomic mass is 10.1. The Bertz CT molecular complexity index is 837. The topological polar surface area (TPSA) is 128 Å². The normalized spacial score (nSPS) is 26.0. The maximum atomic E-state index is 13.3. The van der Waals surface area contributed by atoms with Crippen molar-refractivity contribution < 1.29 is 33.6 Å². The van der Waals surface area contributed by atoms with E-state index < -0.39 is 46.5 Å². The van der Waals surface area contributed by atoms with Gasteiger partial charge in [0.25, 0.3) is 0 Å². The highest BCUT2D eigenvalue weighted by Crippen LogP contribution is 2.30. The van der Waals surface area contributed by atoms with Gasteiger partial charge in [0.2, 0.25) is 15.5 Å². The number of ether oxygens (including phenoxy) is 1. The van der Waals surface area contributed by atoms with E-state index in [1.807, 2.05) is 12.1 Å². The maximum Gasteiger partial charge on any atom is 0.244 e. The zero-order chi connectivity index (χ0) is 21.0. The molecule has 1 aliphatic rings. The van der Waals surface area contributed by atoms with Gasteiger partial charge in [-0.2, -0.15) is 4.31 Å². The minimum absolute atomic E-state index is 0.0357. The summed E-state index contributed by atoms with van der Waals surface area (Å²) in [5, 5.41) is 39.3.